The SMILES string of the molecule is Brc1cccc(CN2CCCCC2)c1.Cl. The van der Waals surface area contributed by atoms with Crippen LogP contribution in [0.5, 0.6) is 0 Å². The average molecular weight is 291 g/mol. The molecule has 1 heterocycles. The van der Waals surface area contributed by atoms with Crippen LogP contribution in [-0.2, 0) is 6.54 Å². The minimum atomic E-state index is 0. The van der Waals surface area contributed by atoms with E-state index in [2.05, 4.69) is 45.1 Å². The van der Waals surface area contributed by atoms with Crippen molar-refractivity contribution in [1.29, 1.82) is 0 Å². The molecule has 0 radical (unpaired) electrons. The van der Waals surface area contributed by atoms with Crippen molar-refractivity contribution < 1.29 is 0 Å². The molecule has 0 amide bonds. The van der Waals surface area contributed by atoms with Gasteiger partial charge in [0.1, 0.15) is 0 Å². The van der Waals surface area contributed by atoms with E-state index in [1.54, 1.807) is 0 Å². The first kappa shape index (κ1) is 13.0. The molecule has 0 saturated carbocycles. The highest BCUT2D eigenvalue weighted by atomic mass is 79.9. The molecule has 0 spiro atoms. The summed E-state index contributed by atoms with van der Waals surface area (Å²) < 4.78 is 1.19. The fraction of sp³-hybridized carbons (Fsp3) is 0.500. The molecule has 0 aromatic heterocycles. The van der Waals surface area contributed by atoms with Crippen LogP contribution in [0.25, 0.3) is 0 Å². The van der Waals surface area contributed by atoms with Crippen LogP contribution >= 0.6 is 28.3 Å². The zero-order chi connectivity index (χ0) is 9.80. The maximum absolute atomic E-state index is 3.51. The van der Waals surface area contributed by atoms with Gasteiger partial charge in [-0.1, -0.05) is 34.5 Å². The summed E-state index contributed by atoms with van der Waals surface area (Å²) in [4.78, 5) is 2.55. The molecule has 0 N–H and O–H groups in total. The lowest BCUT2D eigenvalue weighted by atomic mass is 10.1. The second-order valence-corrected chi connectivity index (χ2v) is 4.88. The van der Waals surface area contributed by atoms with E-state index in [1.165, 1.54) is 42.4 Å². The molecule has 15 heavy (non-hydrogen) atoms. The van der Waals surface area contributed by atoms with Gasteiger partial charge >= 0.3 is 0 Å². The second-order valence-electron chi connectivity index (χ2n) is 3.97. The van der Waals surface area contributed by atoms with Crippen LogP contribution in [0, 0.1) is 0 Å². The van der Waals surface area contributed by atoms with Gasteiger partial charge in [-0.15, -0.1) is 12.4 Å². The summed E-state index contributed by atoms with van der Waals surface area (Å²) in [5, 5.41) is 0. The molecule has 0 bridgehead atoms. The van der Waals surface area contributed by atoms with Gasteiger partial charge in [0.2, 0.25) is 0 Å². The van der Waals surface area contributed by atoms with E-state index in [0.29, 0.717) is 0 Å². The summed E-state index contributed by atoms with van der Waals surface area (Å²) in [5.74, 6) is 0. The summed E-state index contributed by atoms with van der Waals surface area (Å²) in [7, 11) is 0. The maximum Gasteiger partial charge on any atom is 0.0234 e. The van der Waals surface area contributed by atoms with E-state index in [0.717, 1.165) is 6.54 Å². The number of piperidine rings is 1. The second kappa shape index (κ2) is 6.51. The van der Waals surface area contributed by atoms with E-state index in [4.69, 9.17) is 0 Å². The zero-order valence-electron chi connectivity index (χ0n) is 8.79. The number of likely N-dealkylation sites (tertiary alicyclic amines) is 1. The first-order valence-corrected chi connectivity index (χ1v) is 6.11. The Bertz CT molecular complexity index is 297. The molecule has 1 aliphatic heterocycles. The van der Waals surface area contributed by atoms with E-state index in [-0.39, 0.29) is 12.4 Å². The van der Waals surface area contributed by atoms with Crippen molar-refractivity contribution in [3.63, 3.8) is 0 Å². The molecular weight excluding hydrogens is 273 g/mol. The molecule has 0 atom stereocenters. The van der Waals surface area contributed by atoms with Crippen LogP contribution in [0.4, 0.5) is 0 Å². The number of hydrogen-bond donors (Lipinski definition) is 0. The van der Waals surface area contributed by atoms with E-state index in [9.17, 15) is 0 Å². The summed E-state index contributed by atoms with van der Waals surface area (Å²) in [6.07, 6.45) is 4.15. The Morgan fingerprint density at radius 3 is 2.53 bits per heavy atom. The third-order valence-electron chi connectivity index (χ3n) is 2.74. The fourth-order valence-electron chi connectivity index (χ4n) is 2.01. The minimum absolute atomic E-state index is 0. The summed E-state index contributed by atoms with van der Waals surface area (Å²) in [6.45, 7) is 3.65. The first-order valence-electron chi connectivity index (χ1n) is 5.31. The smallest absolute Gasteiger partial charge is 0.0234 e. The highest BCUT2D eigenvalue weighted by Gasteiger charge is 2.09. The lowest BCUT2D eigenvalue weighted by molar-refractivity contribution is 0.221. The predicted molar refractivity (Wildman–Crippen MR) is 70.5 cm³/mol. The Morgan fingerprint density at radius 2 is 1.87 bits per heavy atom. The van der Waals surface area contributed by atoms with E-state index >= 15 is 0 Å². The predicted octanol–water partition coefficient (Wildman–Crippen LogP) is 3.86. The first-order chi connectivity index (χ1) is 6.84. The standard InChI is InChI=1S/C12H16BrN.ClH/c13-12-6-4-5-11(9-12)10-14-7-2-1-3-8-14;/h4-6,9H,1-3,7-8,10H2;1H. The molecule has 1 aliphatic rings. The van der Waals surface area contributed by atoms with Crippen molar-refractivity contribution in [2.24, 2.45) is 0 Å². The number of rotatable bonds is 2. The fourth-order valence-corrected chi connectivity index (χ4v) is 2.46. The lowest BCUT2D eigenvalue weighted by Crippen LogP contribution is -2.29. The monoisotopic (exact) mass is 289 g/mol. The van der Waals surface area contributed by atoms with Gasteiger partial charge in [0.15, 0.2) is 0 Å². The molecular formula is C12H17BrClN. The number of nitrogens with zero attached hydrogens (tertiary/aromatic N) is 1. The van der Waals surface area contributed by atoms with Crippen molar-refractivity contribution in [2.75, 3.05) is 13.1 Å². The molecule has 1 aromatic rings. The number of hydrogen-bond acceptors (Lipinski definition) is 1. The van der Waals surface area contributed by atoms with Crippen LogP contribution in [-0.4, -0.2) is 18.0 Å². The molecule has 84 valence electrons. The quantitative estimate of drug-likeness (QED) is 0.799. The average Bonchev–Trinajstić information content (AvgIpc) is 2.19. The Morgan fingerprint density at radius 1 is 1.13 bits per heavy atom. The highest BCUT2D eigenvalue weighted by Crippen LogP contribution is 2.16. The van der Waals surface area contributed by atoms with Crippen LogP contribution in [0.15, 0.2) is 28.7 Å². The summed E-state index contributed by atoms with van der Waals surface area (Å²) in [6, 6.07) is 8.62. The summed E-state index contributed by atoms with van der Waals surface area (Å²) in [5.41, 5.74) is 1.42. The minimum Gasteiger partial charge on any atom is -0.299 e. The molecule has 3 heteroatoms. The van der Waals surface area contributed by atoms with Crippen LogP contribution in [0.3, 0.4) is 0 Å². The van der Waals surface area contributed by atoms with Crippen LogP contribution in [0.1, 0.15) is 24.8 Å². The van der Waals surface area contributed by atoms with Gasteiger partial charge in [-0.2, -0.15) is 0 Å². The lowest BCUT2D eigenvalue weighted by Gasteiger charge is -2.26. The van der Waals surface area contributed by atoms with Gasteiger partial charge in [0.25, 0.3) is 0 Å². The number of benzene rings is 1. The van der Waals surface area contributed by atoms with Crippen LogP contribution < -0.4 is 0 Å². The Kier molecular flexibility index (Phi) is 5.65. The third-order valence-corrected chi connectivity index (χ3v) is 3.24. The van der Waals surface area contributed by atoms with Crippen molar-refractivity contribution >= 4 is 28.3 Å². The van der Waals surface area contributed by atoms with Gasteiger partial charge in [-0.05, 0) is 43.6 Å². The molecule has 1 aromatic carbocycles. The van der Waals surface area contributed by atoms with Gasteiger partial charge in [-0.25, -0.2) is 0 Å². The Balaban J connectivity index is 0.00000112. The number of halogens is 2. The van der Waals surface area contributed by atoms with Crippen molar-refractivity contribution in [3.05, 3.63) is 34.3 Å². The van der Waals surface area contributed by atoms with Crippen molar-refractivity contribution in [2.45, 2.75) is 25.8 Å². The Labute approximate surface area is 106 Å². The third kappa shape index (κ3) is 4.13. The molecule has 0 unspecified atom stereocenters. The topological polar surface area (TPSA) is 3.24 Å². The Hall–Kier alpha value is -0.0500. The van der Waals surface area contributed by atoms with Crippen LogP contribution in [0.2, 0.25) is 0 Å². The van der Waals surface area contributed by atoms with E-state index < -0.39 is 0 Å². The highest BCUT2D eigenvalue weighted by molar-refractivity contribution is 9.10. The normalized spacial score (nSPS) is 17.1. The largest absolute Gasteiger partial charge is 0.299 e. The van der Waals surface area contributed by atoms with Gasteiger partial charge in [0.05, 0.1) is 0 Å². The zero-order valence-corrected chi connectivity index (χ0v) is 11.2. The molecule has 1 nitrogen and oxygen atoms in total. The summed E-state index contributed by atoms with van der Waals surface area (Å²) >= 11 is 3.51. The van der Waals surface area contributed by atoms with Gasteiger partial charge in [0, 0.05) is 11.0 Å². The molecule has 0 aliphatic carbocycles. The molecule has 1 saturated heterocycles. The van der Waals surface area contributed by atoms with Crippen molar-refractivity contribution in [3.8, 4) is 0 Å². The molecule has 2 rings (SSSR count). The van der Waals surface area contributed by atoms with E-state index in [1.807, 2.05) is 0 Å². The van der Waals surface area contributed by atoms with Crippen molar-refractivity contribution in [1.82, 2.24) is 4.90 Å². The maximum atomic E-state index is 3.51. The van der Waals surface area contributed by atoms with Gasteiger partial charge in [-0.3, -0.25) is 4.90 Å². The molecule has 1 fully saturated rings. The van der Waals surface area contributed by atoms with Gasteiger partial charge < -0.3 is 0 Å².